The van der Waals surface area contributed by atoms with Gasteiger partial charge >= 0.3 is 7.82 Å². The Morgan fingerprint density at radius 2 is 1.21 bits per heavy atom. The van der Waals surface area contributed by atoms with Crippen LogP contribution in [0, 0.1) is 0 Å². The molecule has 0 atom stereocenters. The lowest BCUT2D eigenvalue weighted by atomic mass is 10.9. The summed E-state index contributed by atoms with van der Waals surface area (Å²) in [6.07, 6.45) is 0. The summed E-state index contributed by atoms with van der Waals surface area (Å²) in [5, 5.41) is 0. The Balaban J connectivity index is 4.78. The molecule has 0 saturated carbocycles. The number of phosphoric acid groups is 1. The van der Waals surface area contributed by atoms with Gasteiger partial charge in [-0.2, -0.15) is 0 Å². The molecule has 0 bridgehead atoms. The Morgan fingerprint density at radius 1 is 0.895 bits per heavy atom. The van der Waals surface area contributed by atoms with Crippen LogP contribution in [0.1, 0.15) is 0 Å². The van der Waals surface area contributed by atoms with E-state index < -0.39 is 36.9 Å². The summed E-state index contributed by atoms with van der Waals surface area (Å²) < 4.78 is 24.0. The van der Waals surface area contributed by atoms with Crippen LogP contribution in [-0.4, -0.2) is 29.1 Å². The van der Waals surface area contributed by atoms with Gasteiger partial charge in [0.25, 0.3) is 0 Å². The van der Waals surface area contributed by atoms with Crippen LogP contribution >= 0.6 is 77.4 Å². The summed E-state index contributed by atoms with van der Waals surface area (Å²) in [6.45, 7) is 4.35. The average Bonchev–Trinajstić information content (AvgIpc) is 2.07. The standard InChI is InChI=1S/C7H13Cl6O4PSi/c1-19(2,3)17-18(14,15-4-6(8,9)10)16-5-7(11,12)13/h4-5H2,1-3H3. The van der Waals surface area contributed by atoms with E-state index in [-0.39, 0.29) is 0 Å². The van der Waals surface area contributed by atoms with Gasteiger partial charge < -0.3 is 4.21 Å². The lowest BCUT2D eigenvalue weighted by molar-refractivity contribution is 0.158. The fraction of sp³-hybridized carbons (Fsp3) is 1.00. The molecule has 0 aliphatic carbocycles. The van der Waals surface area contributed by atoms with Gasteiger partial charge in [0.1, 0.15) is 13.2 Å². The summed E-state index contributed by atoms with van der Waals surface area (Å²) >= 11 is 33.0. The Kier molecular flexibility index (Phi) is 8.38. The van der Waals surface area contributed by atoms with Crippen molar-refractivity contribution in [3.63, 3.8) is 0 Å². The van der Waals surface area contributed by atoms with Gasteiger partial charge in [0.2, 0.25) is 7.59 Å². The van der Waals surface area contributed by atoms with Gasteiger partial charge in [-0.05, 0) is 19.6 Å². The van der Waals surface area contributed by atoms with Crippen LogP contribution < -0.4 is 0 Å². The Labute approximate surface area is 143 Å². The van der Waals surface area contributed by atoms with Crippen molar-refractivity contribution in [3.8, 4) is 0 Å². The molecule has 0 aromatic rings. The van der Waals surface area contributed by atoms with Crippen LogP contribution in [0.5, 0.6) is 0 Å². The van der Waals surface area contributed by atoms with Crippen molar-refractivity contribution in [2.75, 3.05) is 13.2 Å². The molecule has 0 aromatic heterocycles. The van der Waals surface area contributed by atoms with Crippen molar-refractivity contribution < 1.29 is 17.8 Å². The van der Waals surface area contributed by atoms with E-state index in [2.05, 4.69) is 0 Å². The van der Waals surface area contributed by atoms with Crippen LogP contribution in [0.15, 0.2) is 0 Å². The Bertz CT molecular complexity index is 314. The average molecular weight is 433 g/mol. The monoisotopic (exact) mass is 430 g/mol. The molecule has 0 fully saturated rings. The minimum atomic E-state index is -3.98. The summed E-state index contributed by atoms with van der Waals surface area (Å²) in [6, 6.07) is 0. The number of hydrogen-bond donors (Lipinski definition) is 0. The molecule has 0 radical (unpaired) electrons. The highest BCUT2D eigenvalue weighted by molar-refractivity contribution is 7.50. The van der Waals surface area contributed by atoms with E-state index in [0.717, 1.165) is 0 Å². The van der Waals surface area contributed by atoms with Crippen LogP contribution in [-0.2, 0) is 17.8 Å². The van der Waals surface area contributed by atoms with Gasteiger partial charge in [-0.25, -0.2) is 4.57 Å². The van der Waals surface area contributed by atoms with Gasteiger partial charge in [-0.3, -0.25) is 9.05 Å². The highest BCUT2D eigenvalue weighted by Gasteiger charge is 2.38. The van der Waals surface area contributed by atoms with Crippen molar-refractivity contribution in [2.24, 2.45) is 0 Å². The first kappa shape index (κ1) is 21.1. The molecule has 0 aliphatic rings. The fourth-order valence-corrected chi connectivity index (χ4v) is 5.40. The number of phosphoric ester groups is 1. The first-order valence-electron chi connectivity index (χ1n) is 4.85. The third-order valence-electron chi connectivity index (χ3n) is 1.16. The van der Waals surface area contributed by atoms with E-state index >= 15 is 0 Å². The topological polar surface area (TPSA) is 44.8 Å². The lowest BCUT2D eigenvalue weighted by Gasteiger charge is -2.27. The van der Waals surface area contributed by atoms with Gasteiger partial charge in [0.15, 0.2) is 8.32 Å². The van der Waals surface area contributed by atoms with Crippen LogP contribution in [0.25, 0.3) is 0 Å². The molecule has 0 heterocycles. The van der Waals surface area contributed by atoms with Crippen molar-refractivity contribution >= 4 is 85.7 Å². The predicted molar refractivity (Wildman–Crippen MR) is 84.5 cm³/mol. The molecule has 0 saturated heterocycles. The maximum atomic E-state index is 12.3. The minimum Gasteiger partial charge on any atom is -0.330 e. The molecule has 19 heavy (non-hydrogen) atoms. The second-order valence-electron chi connectivity index (χ2n) is 4.43. The summed E-state index contributed by atoms with van der Waals surface area (Å²) in [5.74, 6) is 0. The normalized spacial score (nSPS) is 14.8. The third-order valence-corrected chi connectivity index (χ3v) is 5.79. The highest BCUT2D eigenvalue weighted by atomic mass is 35.6. The molecule has 12 heteroatoms. The second kappa shape index (κ2) is 7.56. The van der Waals surface area contributed by atoms with Gasteiger partial charge in [0, 0.05) is 0 Å². The molecule has 0 aromatic carbocycles. The minimum absolute atomic E-state index is 0.487. The molecular weight excluding hydrogens is 420 g/mol. The smallest absolute Gasteiger partial charge is 0.330 e. The van der Waals surface area contributed by atoms with Crippen LogP contribution in [0.2, 0.25) is 19.6 Å². The second-order valence-corrected chi connectivity index (χ2v) is 15.8. The number of hydrogen-bond acceptors (Lipinski definition) is 4. The van der Waals surface area contributed by atoms with Gasteiger partial charge in [-0.1, -0.05) is 69.6 Å². The Hall–Kier alpha value is 2.07. The number of rotatable bonds is 6. The maximum Gasteiger partial charge on any atom is 0.465 e. The van der Waals surface area contributed by atoms with Crippen molar-refractivity contribution in [1.29, 1.82) is 0 Å². The largest absolute Gasteiger partial charge is 0.465 e. The molecule has 0 aliphatic heterocycles. The molecule has 116 valence electrons. The zero-order valence-electron chi connectivity index (χ0n) is 10.3. The third kappa shape index (κ3) is 13.5. The van der Waals surface area contributed by atoms with Gasteiger partial charge in [-0.15, -0.1) is 0 Å². The van der Waals surface area contributed by atoms with E-state index in [9.17, 15) is 4.57 Å². The quantitative estimate of drug-likeness (QED) is 0.306. The van der Waals surface area contributed by atoms with Crippen molar-refractivity contribution in [3.05, 3.63) is 0 Å². The molecule has 0 spiro atoms. The fourth-order valence-electron chi connectivity index (χ4n) is 0.730. The molecule has 0 amide bonds. The molecular formula is C7H13Cl6O4PSi. The maximum absolute atomic E-state index is 12.3. The number of alkyl halides is 6. The van der Waals surface area contributed by atoms with E-state index in [1.54, 1.807) is 19.6 Å². The molecule has 4 nitrogen and oxygen atoms in total. The summed E-state index contributed by atoms with van der Waals surface area (Å²) in [5.41, 5.74) is 0. The van der Waals surface area contributed by atoms with Crippen molar-refractivity contribution in [2.45, 2.75) is 27.2 Å². The zero-order chi connectivity index (χ0) is 15.5. The Morgan fingerprint density at radius 3 is 1.42 bits per heavy atom. The molecule has 0 unspecified atom stereocenters. The first-order chi connectivity index (χ1) is 8.12. The SMILES string of the molecule is C[Si](C)(C)OP(=O)(OCC(Cl)(Cl)Cl)OCC(Cl)(Cl)Cl. The van der Waals surface area contributed by atoms with Crippen LogP contribution in [0.4, 0.5) is 0 Å². The summed E-state index contributed by atoms with van der Waals surface area (Å²) in [4.78, 5) is 0. The highest BCUT2D eigenvalue weighted by Crippen LogP contribution is 2.54. The number of halogens is 6. The predicted octanol–water partition coefficient (Wildman–Crippen LogP) is 5.72. The van der Waals surface area contributed by atoms with E-state index in [1.807, 2.05) is 0 Å². The molecule has 0 rings (SSSR count). The van der Waals surface area contributed by atoms with Crippen LogP contribution in [0.3, 0.4) is 0 Å². The van der Waals surface area contributed by atoms with Gasteiger partial charge in [0.05, 0.1) is 0 Å². The zero-order valence-corrected chi connectivity index (χ0v) is 16.7. The van der Waals surface area contributed by atoms with E-state index in [4.69, 9.17) is 82.9 Å². The first-order valence-corrected chi connectivity index (χ1v) is 12.0. The van der Waals surface area contributed by atoms with E-state index in [1.165, 1.54) is 0 Å². The molecule has 0 N–H and O–H groups in total. The summed E-state index contributed by atoms with van der Waals surface area (Å²) in [7, 11) is -6.24. The van der Waals surface area contributed by atoms with E-state index in [0.29, 0.717) is 0 Å². The van der Waals surface area contributed by atoms with Crippen molar-refractivity contribution in [1.82, 2.24) is 0 Å². The lowest BCUT2D eigenvalue weighted by Crippen LogP contribution is -2.27.